The lowest BCUT2D eigenvalue weighted by Crippen LogP contribution is -2.37. The van der Waals surface area contributed by atoms with Crippen LogP contribution in [0.4, 0.5) is 0 Å². The standard InChI is InChI=1S/C15H20O4/c1-9-7-6-8-10(14(2,3)12(16)17)11(9)15(4,5)13(18)19/h6-8H,1-5H3,(H,16,17)(H,18,19). The van der Waals surface area contributed by atoms with Gasteiger partial charge in [-0.1, -0.05) is 18.2 Å². The van der Waals surface area contributed by atoms with Gasteiger partial charge < -0.3 is 10.2 Å². The van der Waals surface area contributed by atoms with Gasteiger partial charge in [0.1, 0.15) is 0 Å². The van der Waals surface area contributed by atoms with E-state index in [1.54, 1.807) is 52.8 Å². The molecule has 0 aliphatic heterocycles. The van der Waals surface area contributed by atoms with E-state index < -0.39 is 22.8 Å². The van der Waals surface area contributed by atoms with Gasteiger partial charge in [-0.05, 0) is 51.3 Å². The normalized spacial score (nSPS) is 12.3. The minimum absolute atomic E-state index is 0.549. The molecule has 0 spiro atoms. The first-order chi connectivity index (χ1) is 8.52. The Bertz CT molecular complexity index is 527. The van der Waals surface area contributed by atoms with Gasteiger partial charge in [-0.25, -0.2) is 0 Å². The van der Waals surface area contributed by atoms with Crippen molar-refractivity contribution in [2.45, 2.75) is 45.4 Å². The summed E-state index contributed by atoms with van der Waals surface area (Å²) >= 11 is 0. The Labute approximate surface area is 113 Å². The van der Waals surface area contributed by atoms with E-state index >= 15 is 0 Å². The van der Waals surface area contributed by atoms with E-state index in [4.69, 9.17) is 0 Å². The van der Waals surface area contributed by atoms with Crippen LogP contribution in [0.3, 0.4) is 0 Å². The van der Waals surface area contributed by atoms with Crippen LogP contribution in [0, 0.1) is 6.92 Å². The van der Waals surface area contributed by atoms with Crippen LogP contribution in [0.2, 0.25) is 0 Å². The Morgan fingerprint density at radius 2 is 1.42 bits per heavy atom. The Balaban J connectivity index is 3.66. The van der Waals surface area contributed by atoms with E-state index in [9.17, 15) is 19.8 Å². The van der Waals surface area contributed by atoms with Crippen molar-refractivity contribution in [3.05, 3.63) is 34.9 Å². The summed E-state index contributed by atoms with van der Waals surface area (Å²) in [4.78, 5) is 22.9. The summed E-state index contributed by atoms with van der Waals surface area (Å²) in [7, 11) is 0. The van der Waals surface area contributed by atoms with Crippen LogP contribution in [0.5, 0.6) is 0 Å². The van der Waals surface area contributed by atoms with Crippen LogP contribution in [0.25, 0.3) is 0 Å². The van der Waals surface area contributed by atoms with Gasteiger partial charge in [0.25, 0.3) is 0 Å². The number of carbonyl (C=O) groups is 2. The average molecular weight is 264 g/mol. The molecular weight excluding hydrogens is 244 g/mol. The molecular formula is C15H20O4. The third kappa shape index (κ3) is 2.48. The van der Waals surface area contributed by atoms with Gasteiger partial charge in [-0.3, -0.25) is 9.59 Å². The van der Waals surface area contributed by atoms with E-state index in [2.05, 4.69) is 0 Å². The summed E-state index contributed by atoms with van der Waals surface area (Å²) in [6.07, 6.45) is 0. The quantitative estimate of drug-likeness (QED) is 0.876. The smallest absolute Gasteiger partial charge is 0.313 e. The highest BCUT2D eigenvalue weighted by Crippen LogP contribution is 2.36. The summed E-state index contributed by atoms with van der Waals surface area (Å²) in [6, 6.07) is 5.26. The van der Waals surface area contributed by atoms with Gasteiger partial charge in [0, 0.05) is 0 Å². The number of hydrogen-bond acceptors (Lipinski definition) is 2. The molecule has 0 fully saturated rings. The fourth-order valence-corrected chi connectivity index (χ4v) is 2.24. The first-order valence-electron chi connectivity index (χ1n) is 6.10. The average Bonchev–Trinajstić information content (AvgIpc) is 2.27. The molecule has 0 unspecified atom stereocenters. The Morgan fingerprint density at radius 3 is 1.84 bits per heavy atom. The van der Waals surface area contributed by atoms with E-state index in [0.717, 1.165) is 5.56 Å². The van der Waals surface area contributed by atoms with Gasteiger partial charge >= 0.3 is 11.9 Å². The van der Waals surface area contributed by atoms with Crippen LogP contribution in [0.1, 0.15) is 44.4 Å². The third-order valence-electron chi connectivity index (χ3n) is 3.64. The molecule has 0 saturated heterocycles. The molecule has 0 atom stereocenters. The van der Waals surface area contributed by atoms with Crippen molar-refractivity contribution < 1.29 is 19.8 Å². The molecule has 1 aromatic rings. The fraction of sp³-hybridized carbons (Fsp3) is 0.467. The number of aliphatic carboxylic acids is 2. The lowest BCUT2D eigenvalue weighted by Gasteiger charge is -2.31. The molecule has 0 radical (unpaired) electrons. The summed E-state index contributed by atoms with van der Waals surface area (Å²) in [6.45, 7) is 8.18. The number of aryl methyl sites for hydroxylation is 1. The van der Waals surface area contributed by atoms with E-state index in [1.807, 2.05) is 0 Å². The maximum absolute atomic E-state index is 11.5. The first kappa shape index (κ1) is 15.2. The van der Waals surface area contributed by atoms with Crippen molar-refractivity contribution in [1.82, 2.24) is 0 Å². The van der Waals surface area contributed by atoms with E-state index in [0.29, 0.717) is 11.1 Å². The summed E-state index contributed by atoms with van der Waals surface area (Å²) in [5, 5.41) is 18.8. The molecule has 0 aliphatic rings. The largest absolute Gasteiger partial charge is 0.481 e. The zero-order valence-corrected chi connectivity index (χ0v) is 11.9. The molecule has 1 aromatic carbocycles. The van der Waals surface area contributed by atoms with E-state index in [-0.39, 0.29) is 0 Å². The van der Waals surface area contributed by atoms with Crippen molar-refractivity contribution in [2.24, 2.45) is 0 Å². The van der Waals surface area contributed by atoms with Gasteiger partial charge in [0.15, 0.2) is 0 Å². The van der Waals surface area contributed by atoms with Gasteiger partial charge in [-0.15, -0.1) is 0 Å². The van der Waals surface area contributed by atoms with Gasteiger partial charge in [0.2, 0.25) is 0 Å². The van der Waals surface area contributed by atoms with Crippen molar-refractivity contribution in [3.63, 3.8) is 0 Å². The number of rotatable bonds is 4. The van der Waals surface area contributed by atoms with Crippen molar-refractivity contribution in [1.29, 1.82) is 0 Å². The van der Waals surface area contributed by atoms with Crippen molar-refractivity contribution >= 4 is 11.9 Å². The minimum atomic E-state index is -1.13. The zero-order valence-electron chi connectivity index (χ0n) is 11.9. The highest BCUT2D eigenvalue weighted by molar-refractivity contribution is 5.85. The van der Waals surface area contributed by atoms with E-state index in [1.165, 1.54) is 0 Å². The molecule has 0 aromatic heterocycles. The van der Waals surface area contributed by atoms with Crippen LogP contribution in [0.15, 0.2) is 18.2 Å². The SMILES string of the molecule is Cc1cccc(C(C)(C)C(=O)O)c1C(C)(C)C(=O)O. The highest BCUT2D eigenvalue weighted by atomic mass is 16.4. The molecule has 1 rings (SSSR count). The third-order valence-corrected chi connectivity index (χ3v) is 3.64. The molecule has 104 valence electrons. The number of hydrogen-bond donors (Lipinski definition) is 2. The summed E-state index contributed by atoms with van der Waals surface area (Å²) < 4.78 is 0. The van der Waals surface area contributed by atoms with Crippen LogP contribution >= 0.6 is 0 Å². The maximum atomic E-state index is 11.5. The predicted molar refractivity (Wildman–Crippen MR) is 72.5 cm³/mol. The molecule has 0 amide bonds. The number of carboxylic acid groups (broad SMARTS) is 2. The zero-order chi connectivity index (χ0) is 15.0. The Kier molecular flexibility index (Phi) is 3.75. The second kappa shape index (κ2) is 4.68. The lowest BCUT2D eigenvalue weighted by molar-refractivity contribution is -0.144. The summed E-state index contributed by atoms with van der Waals surface area (Å²) in [5.74, 6) is -1.94. The fourth-order valence-electron chi connectivity index (χ4n) is 2.24. The van der Waals surface area contributed by atoms with Crippen LogP contribution in [-0.2, 0) is 20.4 Å². The Morgan fingerprint density at radius 1 is 0.947 bits per heavy atom. The molecule has 19 heavy (non-hydrogen) atoms. The topological polar surface area (TPSA) is 74.6 Å². The Hall–Kier alpha value is -1.84. The number of benzene rings is 1. The first-order valence-corrected chi connectivity index (χ1v) is 6.10. The molecule has 4 heteroatoms. The molecule has 0 saturated carbocycles. The molecule has 0 bridgehead atoms. The number of carboxylic acids is 2. The monoisotopic (exact) mass is 264 g/mol. The molecule has 4 nitrogen and oxygen atoms in total. The predicted octanol–water partition coefficient (Wildman–Crippen LogP) is 2.72. The van der Waals surface area contributed by atoms with Gasteiger partial charge in [0.05, 0.1) is 10.8 Å². The highest BCUT2D eigenvalue weighted by Gasteiger charge is 2.39. The molecule has 0 aliphatic carbocycles. The summed E-state index contributed by atoms with van der Waals surface area (Å²) in [5.41, 5.74) is -0.344. The molecule has 0 heterocycles. The molecule has 2 N–H and O–H groups in total. The van der Waals surface area contributed by atoms with Crippen LogP contribution < -0.4 is 0 Å². The second-order valence-electron chi connectivity index (χ2n) is 5.86. The van der Waals surface area contributed by atoms with Crippen LogP contribution in [-0.4, -0.2) is 22.2 Å². The lowest BCUT2D eigenvalue weighted by atomic mass is 9.72. The second-order valence-corrected chi connectivity index (χ2v) is 5.86. The van der Waals surface area contributed by atoms with Crippen molar-refractivity contribution in [3.8, 4) is 0 Å². The van der Waals surface area contributed by atoms with Gasteiger partial charge in [-0.2, -0.15) is 0 Å². The van der Waals surface area contributed by atoms with Crippen molar-refractivity contribution in [2.75, 3.05) is 0 Å². The maximum Gasteiger partial charge on any atom is 0.313 e. The minimum Gasteiger partial charge on any atom is -0.481 e.